The van der Waals surface area contributed by atoms with Crippen LogP contribution < -0.4 is 10.1 Å². The Bertz CT molecular complexity index is 1210. The van der Waals surface area contributed by atoms with Crippen LogP contribution >= 0.6 is 0 Å². The lowest BCUT2D eigenvalue weighted by Crippen LogP contribution is -2.46. The molecule has 0 spiro atoms. The van der Waals surface area contributed by atoms with Gasteiger partial charge in [-0.05, 0) is 81.4 Å². The maximum Gasteiger partial charge on any atom is 0.178 e. The number of allylic oxidation sites excluding steroid dienone is 1. The second kappa shape index (κ2) is 17.1. The van der Waals surface area contributed by atoms with Crippen LogP contribution in [0.15, 0.2) is 46.6 Å². The molecule has 254 valence electrons. The van der Waals surface area contributed by atoms with Crippen LogP contribution in [0.4, 0.5) is 0 Å². The Morgan fingerprint density at radius 3 is 2.83 bits per heavy atom. The van der Waals surface area contributed by atoms with Crippen molar-refractivity contribution in [2.45, 2.75) is 116 Å². The Balaban J connectivity index is 1.20. The van der Waals surface area contributed by atoms with Crippen molar-refractivity contribution in [3.63, 3.8) is 0 Å². The van der Waals surface area contributed by atoms with Gasteiger partial charge in [0.25, 0.3) is 0 Å². The van der Waals surface area contributed by atoms with E-state index >= 15 is 0 Å². The Kier molecular flexibility index (Phi) is 12.9. The lowest BCUT2D eigenvalue weighted by molar-refractivity contribution is -0.0550. The molecule has 0 saturated heterocycles. The van der Waals surface area contributed by atoms with E-state index in [1.807, 2.05) is 19.1 Å². The van der Waals surface area contributed by atoms with Crippen molar-refractivity contribution in [2.24, 2.45) is 22.7 Å². The topological polar surface area (TPSA) is 127 Å². The van der Waals surface area contributed by atoms with E-state index in [1.165, 1.54) is 37.3 Å². The molecule has 6 atom stereocenters. The first-order valence-corrected chi connectivity index (χ1v) is 17.9. The molecule has 0 amide bonds. The van der Waals surface area contributed by atoms with E-state index in [-0.39, 0.29) is 31.1 Å². The molecule has 0 radical (unpaired) electrons. The van der Waals surface area contributed by atoms with Crippen molar-refractivity contribution in [1.82, 2.24) is 5.32 Å². The van der Waals surface area contributed by atoms with Crippen LogP contribution in [0.25, 0.3) is 0 Å². The van der Waals surface area contributed by atoms with Crippen molar-refractivity contribution in [2.75, 3.05) is 26.4 Å². The van der Waals surface area contributed by atoms with Crippen molar-refractivity contribution in [3.05, 3.63) is 59.2 Å². The van der Waals surface area contributed by atoms with E-state index in [2.05, 4.69) is 24.4 Å². The number of unbranched alkanes of at least 4 members (excludes halogenated alkanes) is 1. The summed E-state index contributed by atoms with van der Waals surface area (Å²) in [5.41, 5.74) is 4.33. The zero-order valence-corrected chi connectivity index (χ0v) is 28.0. The van der Waals surface area contributed by atoms with Crippen LogP contribution in [0, 0.1) is 29.8 Å². The molecule has 2 heterocycles. The number of benzene rings is 1. The van der Waals surface area contributed by atoms with Gasteiger partial charge in [-0.25, -0.2) is 0 Å². The fourth-order valence-corrected chi connectivity index (χ4v) is 8.09. The standard InChI is InChI=1S/C38H56N2O6/c1-3-4-10-36-28(24-42)21-30(46-36)14-11-26-12-16-35(44)37(20-26)45-19-17-29-22-32-33(40-29)15-13-27-7-5-8-31(27)38(32)34(9-6-18-41)39-23-25(2)43/h12,16,20-22,25,27,31,34,36,38-39,41-43,46H,3-11,13-15,17-19,23-24H2,1-2H3/p+1/t25-,27+,31-,34-,36?,38-/m0/s1. The molecule has 2 saturated carbocycles. The first kappa shape index (κ1) is 34.8. The van der Waals surface area contributed by atoms with Gasteiger partial charge < -0.3 is 35.2 Å². The summed E-state index contributed by atoms with van der Waals surface area (Å²) >= 11 is 0. The molecule has 2 aliphatic carbocycles. The molecule has 4 aliphatic rings. The lowest BCUT2D eigenvalue weighted by atomic mass is 9.72. The van der Waals surface area contributed by atoms with Crippen molar-refractivity contribution < 1.29 is 29.9 Å². The summed E-state index contributed by atoms with van der Waals surface area (Å²) in [6.07, 6.45) is 18.1. The summed E-state index contributed by atoms with van der Waals surface area (Å²) in [6.45, 7) is 5.20. The summed E-state index contributed by atoms with van der Waals surface area (Å²) in [4.78, 5) is 5.12. The van der Waals surface area contributed by atoms with Gasteiger partial charge in [0, 0.05) is 38.6 Å². The molecular formula is C38H57N2O6+. The summed E-state index contributed by atoms with van der Waals surface area (Å²) in [5.74, 6) is 3.61. The highest BCUT2D eigenvalue weighted by Gasteiger charge is 2.51. The summed E-state index contributed by atoms with van der Waals surface area (Å²) in [7, 11) is 0. The predicted molar refractivity (Wildman–Crippen MR) is 183 cm³/mol. The number of hydrogen-bond donors (Lipinski definition) is 5. The molecule has 2 aliphatic heterocycles. The number of nitrogens with zero attached hydrogens (tertiary/aromatic N) is 1. The van der Waals surface area contributed by atoms with E-state index < -0.39 is 6.10 Å². The van der Waals surface area contributed by atoms with E-state index in [9.17, 15) is 20.4 Å². The molecule has 8 heteroatoms. The van der Waals surface area contributed by atoms with Crippen LogP contribution in [0.2, 0.25) is 0 Å². The Hall–Kier alpha value is -2.49. The quantitative estimate of drug-likeness (QED) is 0.107. The number of rotatable bonds is 18. The minimum atomic E-state index is -0.419. The number of ether oxygens (including phenoxy) is 2. The summed E-state index contributed by atoms with van der Waals surface area (Å²) in [6, 6.07) is 5.77. The smallest absolute Gasteiger partial charge is 0.178 e. The van der Waals surface area contributed by atoms with E-state index in [0.717, 1.165) is 74.3 Å². The van der Waals surface area contributed by atoms with Gasteiger partial charge in [0.1, 0.15) is 30.4 Å². The SMILES string of the molecule is CCCCC1[OH+][C-](CCc2ccc(O)c(OCCC3=C[C+]4C(=N3)CC[C@H]3CCC[C@@H]3[C@@H]4[C@H](CCCO)NC[C@H](C)O)c2)C=C1CO. The molecule has 1 aromatic carbocycles. The molecule has 1 unspecified atom stereocenters. The number of aryl methyl sites for hydroxylation is 1. The van der Waals surface area contributed by atoms with Crippen molar-refractivity contribution in [1.29, 1.82) is 0 Å². The minimum absolute atomic E-state index is 0.0612. The number of aliphatic hydroxyl groups excluding tert-OH is 3. The van der Waals surface area contributed by atoms with Crippen molar-refractivity contribution in [3.8, 4) is 11.5 Å². The first-order valence-electron chi connectivity index (χ1n) is 17.9. The second-order valence-electron chi connectivity index (χ2n) is 13.9. The highest BCUT2D eigenvalue weighted by Crippen LogP contribution is 2.50. The van der Waals surface area contributed by atoms with Gasteiger partial charge in [-0.1, -0.05) is 32.3 Å². The van der Waals surface area contributed by atoms with Gasteiger partial charge in [0.05, 0.1) is 24.5 Å². The zero-order valence-electron chi connectivity index (χ0n) is 28.0. The average Bonchev–Trinajstić information content (AvgIpc) is 3.77. The molecule has 1 aromatic rings. The Morgan fingerprint density at radius 2 is 2.04 bits per heavy atom. The van der Waals surface area contributed by atoms with Gasteiger partial charge >= 0.3 is 0 Å². The normalized spacial score (nSPS) is 25.5. The van der Waals surface area contributed by atoms with E-state index in [1.54, 1.807) is 6.07 Å². The third-order valence-corrected chi connectivity index (χ3v) is 10.4. The number of aromatic hydroxyl groups is 1. The van der Waals surface area contributed by atoms with E-state index in [0.29, 0.717) is 43.1 Å². The minimum Gasteiger partial charge on any atom is -0.504 e. The third kappa shape index (κ3) is 8.90. The van der Waals surface area contributed by atoms with Gasteiger partial charge in [0.15, 0.2) is 17.2 Å². The van der Waals surface area contributed by atoms with Crippen LogP contribution in [0.5, 0.6) is 11.5 Å². The number of phenols is 1. The fourth-order valence-electron chi connectivity index (χ4n) is 8.09. The number of aliphatic hydroxyl groups is 5. The van der Waals surface area contributed by atoms with Gasteiger partial charge in [0.2, 0.25) is 0 Å². The largest absolute Gasteiger partial charge is 0.504 e. The van der Waals surface area contributed by atoms with Crippen LogP contribution in [-0.4, -0.2) is 75.5 Å². The Morgan fingerprint density at radius 1 is 1.17 bits per heavy atom. The van der Waals surface area contributed by atoms with Crippen LogP contribution in [0.3, 0.4) is 0 Å². The molecule has 46 heavy (non-hydrogen) atoms. The predicted octanol–water partition coefficient (Wildman–Crippen LogP) is 5.50. The number of hydrogen-bond acceptors (Lipinski definition) is 7. The van der Waals surface area contributed by atoms with Crippen molar-refractivity contribution >= 4 is 5.71 Å². The molecule has 0 aromatic heterocycles. The molecule has 2 fully saturated rings. The number of fused-ring (bicyclic) bond motifs is 2. The zero-order chi connectivity index (χ0) is 32.5. The van der Waals surface area contributed by atoms with Gasteiger partial charge in [-0.3, -0.25) is 0 Å². The van der Waals surface area contributed by atoms with Crippen LogP contribution in [0.1, 0.15) is 96.5 Å². The molecule has 5 rings (SSSR count). The monoisotopic (exact) mass is 637 g/mol. The number of phenolic OH excluding ortho intramolecular Hbond substituents is 1. The lowest BCUT2D eigenvalue weighted by Gasteiger charge is -2.33. The molecule has 8 nitrogen and oxygen atoms in total. The average molecular weight is 638 g/mol. The molecule has 6 N–H and O–H groups in total. The number of aliphatic imine (C=N–C) groups is 1. The molecule has 0 bridgehead atoms. The maximum absolute atomic E-state index is 10.6. The van der Waals surface area contributed by atoms with Gasteiger partial charge in [-0.2, -0.15) is 0 Å². The van der Waals surface area contributed by atoms with E-state index in [4.69, 9.17) is 14.5 Å². The first-order chi connectivity index (χ1) is 22.4. The molecular weight excluding hydrogens is 580 g/mol. The highest BCUT2D eigenvalue weighted by molar-refractivity contribution is 6.03. The van der Waals surface area contributed by atoms with Gasteiger partial charge in [-0.15, -0.1) is 16.6 Å². The highest BCUT2D eigenvalue weighted by atomic mass is 16.5. The third-order valence-electron chi connectivity index (χ3n) is 10.4. The Labute approximate surface area is 276 Å². The summed E-state index contributed by atoms with van der Waals surface area (Å²) < 4.78 is 11.0. The van der Waals surface area contributed by atoms with Crippen LogP contribution in [-0.2, 0) is 6.42 Å². The summed E-state index contributed by atoms with van der Waals surface area (Å²) in [5, 5.41) is 43.7. The fraction of sp³-hybridized carbons (Fsp3) is 0.658. The maximum atomic E-state index is 10.6. The number of nitrogens with one attached hydrogen (secondary N) is 1. The second-order valence-corrected chi connectivity index (χ2v) is 13.9.